The van der Waals surface area contributed by atoms with E-state index < -0.39 is 0 Å². The zero-order valence-electron chi connectivity index (χ0n) is 3.89. The van der Waals surface area contributed by atoms with Crippen LogP contribution in [0.3, 0.4) is 0 Å². The Balaban J connectivity index is 2.40. The fraction of sp³-hybridized carbons (Fsp3) is 0.667. The van der Waals surface area contributed by atoms with Crippen LogP contribution in [0.4, 0.5) is 4.79 Å². The van der Waals surface area contributed by atoms with Crippen molar-refractivity contribution in [1.82, 2.24) is 10.0 Å². The number of carbonyl (C=O) groups is 1. The van der Waals surface area contributed by atoms with Crippen molar-refractivity contribution in [1.29, 1.82) is 0 Å². The monoisotopic (exact) mass is 118 g/mol. The summed E-state index contributed by atoms with van der Waals surface area (Å²) in [5.41, 5.74) is 0. The first-order valence-electron chi connectivity index (χ1n) is 2.02. The predicted molar refractivity (Wildman–Crippen MR) is 28.7 cm³/mol. The molecule has 0 bridgehead atoms. The summed E-state index contributed by atoms with van der Waals surface area (Å²) in [5.74, 6) is 0. The van der Waals surface area contributed by atoms with Gasteiger partial charge in [0, 0.05) is 11.9 Å². The SMILES string of the molecule is CC1NSC(=O)N1. The Kier molecular flexibility index (Phi) is 1.21. The van der Waals surface area contributed by atoms with E-state index in [0.717, 1.165) is 11.9 Å². The number of carbonyl (C=O) groups excluding carboxylic acids is 1. The maximum Gasteiger partial charge on any atom is 0.295 e. The molecule has 2 N–H and O–H groups in total. The lowest BCUT2D eigenvalue weighted by Gasteiger charge is -1.95. The third-order valence-corrected chi connectivity index (χ3v) is 1.44. The van der Waals surface area contributed by atoms with Crippen molar-refractivity contribution >= 4 is 17.2 Å². The number of nitrogens with one attached hydrogen (secondary N) is 2. The van der Waals surface area contributed by atoms with Crippen molar-refractivity contribution < 1.29 is 4.79 Å². The van der Waals surface area contributed by atoms with Crippen LogP contribution < -0.4 is 10.0 Å². The highest BCUT2D eigenvalue weighted by molar-refractivity contribution is 8.12. The molecule has 0 radical (unpaired) electrons. The van der Waals surface area contributed by atoms with Crippen LogP contribution in [0, 0.1) is 0 Å². The molecule has 0 aromatic rings. The van der Waals surface area contributed by atoms with Gasteiger partial charge in [-0.1, -0.05) is 0 Å². The van der Waals surface area contributed by atoms with Gasteiger partial charge in [-0.05, 0) is 6.92 Å². The number of rotatable bonds is 0. The molecule has 0 spiro atoms. The van der Waals surface area contributed by atoms with Crippen molar-refractivity contribution in [2.75, 3.05) is 0 Å². The first kappa shape index (κ1) is 4.93. The van der Waals surface area contributed by atoms with Gasteiger partial charge in [-0.25, -0.2) is 4.72 Å². The van der Waals surface area contributed by atoms with E-state index in [0.29, 0.717) is 0 Å². The molecule has 3 nitrogen and oxygen atoms in total. The summed E-state index contributed by atoms with van der Waals surface area (Å²) in [4.78, 5) is 10.2. The molecule has 1 unspecified atom stereocenters. The summed E-state index contributed by atoms with van der Waals surface area (Å²) in [7, 11) is 0. The van der Waals surface area contributed by atoms with E-state index in [-0.39, 0.29) is 11.4 Å². The molecule has 1 atom stereocenters. The van der Waals surface area contributed by atoms with Gasteiger partial charge >= 0.3 is 0 Å². The van der Waals surface area contributed by atoms with Gasteiger partial charge in [0.1, 0.15) is 0 Å². The largest absolute Gasteiger partial charge is 0.330 e. The van der Waals surface area contributed by atoms with E-state index in [1.54, 1.807) is 0 Å². The Morgan fingerprint density at radius 2 is 2.57 bits per heavy atom. The molecule has 7 heavy (non-hydrogen) atoms. The maximum absolute atomic E-state index is 10.2. The first-order chi connectivity index (χ1) is 3.29. The molecule has 1 saturated heterocycles. The lowest BCUT2D eigenvalue weighted by atomic mass is 10.6. The van der Waals surface area contributed by atoms with Gasteiger partial charge in [-0.3, -0.25) is 4.79 Å². The predicted octanol–water partition coefficient (Wildman–Crippen LogP) is 0.293. The molecule has 0 aliphatic carbocycles. The quantitative estimate of drug-likeness (QED) is 0.449. The minimum absolute atomic E-state index is 0.00694. The normalized spacial score (nSPS) is 30.4. The molecule has 1 rings (SSSR count). The molecular weight excluding hydrogens is 112 g/mol. The van der Waals surface area contributed by atoms with E-state index in [4.69, 9.17) is 0 Å². The van der Waals surface area contributed by atoms with Crippen LogP contribution in [0.5, 0.6) is 0 Å². The molecule has 1 heterocycles. The number of amides is 1. The maximum atomic E-state index is 10.2. The summed E-state index contributed by atoms with van der Waals surface area (Å²) >= 11 is 1.11. The average molecular weight is 118 g/mol. The van der Waals surface area contributed by atoms with Crippen LogP contribution in [-0.4, -0.2) is 11.4 Å². The Labute approximate surface area is 46.0 Å². The summed E-state index contributed by atoms with van der Waals surface area (Å²) in [5, 5.41) is 2.64. The fourth-order valence-corrected chi connectivity index (χ4v) is 0.956. The second-order valence-electron chi connectivity index (χ2n) is 1.37. The van der Waals surface area contributed by atoms with E-state index in [1.165, 1.54) is 0 Å². The first-order valence-corrected chi connectivity index (χ1v) is 2.83. The van der Waals surface area contributed by atoms with Gasteiger partial charge in [0.25, 0.3) is 5.24 Å². The zero-order valence-corrected chi connectivity index (χ0v) is 4.71. The topological polar surface area (TPSA) is 41.1 Å². The Morgan fingerprint density at radius 1 is 1.86 bits per heavy atom. The Morgan fingerprint density at radius 3 is 2.71 bits per heavy atom. The zero-order chi connectivity index (χ0) is 5.28. The summed E-state index contributed by atoms with van der Waals surface area (Å²) in [6.45, 7) is 1.89. The lowest BCUT2D eigenvalue weighted by Crippen LogP contribution is -2.26. The molecule has 40 valence electrons. The van der Waals surface area contributed by atoms with Crippen LogP contribution in [-0.2, 0) is 0 Å². The number of hydrogen-bond donors (Lipinski definition) is 2. The molecule has 1 amide bonds. The molecule has 4 heteroatoms. The molecule has 0 aromatic carbocycles. The highest BCUT2D eigenvalue weighted by Gasteiger charge is 2.14. The van der Waals surface area contributed by atoms with Gasteiger partial charge in [0.15, 0.2) is 0 Å². The van der Waals surface area contributed by atoms with Crippen molar-refractivity contribution in [3.05, 3.63) is 0 Å². The van der Waals surface area contributed by atoms with Crippen LogP contribution in [0.2, 0.25) is 0 Å². The van der Waals surface area contributed by atoms with Gasteiger partial charge < -0.3 is 5.32 Å². The van der Waals surface area contributed by atoms with Crippen LogP contribution in [0.25, 0.3) is 0 Å². The van der Waals surface area contributed by atoms with Gasteiger partial charge in [0.05, 0.1) is 6.17 Å². The minimum Gasteiger partial charge on any atom is -0.330 e. The van der Waals surface area contributed by atoms with Crippen LogP contribution >= 0.6 is 11.9 Å². The van der Waals surface area contributed by atoms with Crippen LogP contribution in [0.15, 0.2) is 0 Å². The summed E-state index contributed by atoms with van der Waals surface area (Å²) in [6, 6.07) is 0. The number of hydrogen-bond acceptors (Lipinski definition) is 3. The molecule has 1 fully saturated rings. The standard InChI is InChI=1S/C3H6N2OS/c1-2-4-3(6)7-5-2/h2,5H,1H3,(H,4,6). The van der Waals surface area contributed by atoms with Crippen molar-refractivity contribution in [3.63, 3.8) is 0 Å². The van der Waals surface area contributed by atoms with E-state index in [9.17, 15) is 4.79 Å². The van der Waals surface area contributed by atoms with Gasteiger partial charge in [-0.15, -0.1) is 0 Å². The Hall–Kier alpha value is -0.220. The summed E-state index contributed by atoms with van der Waals surface area (Å²) in [6.07, 6.45) is 0.137. The molecule has 0 aromatic heterocycles. The highest BCUT2D eigenvalue weighted by atomic mass is 32.2. The molecule has 0 saturated carbocycles. The lowest BCUT2D eigenvalue weighted by molar-refractivity contribution is 0.260. The van der Waals surface area contributed by atoms with Crippen molar-refractivity contribution in [3.8, 4) is 0 Å². The Bertz CT molecular complexity index is 94.9. The molecule has 1 aliphatic rings. The second-order valence-corrected chi connectivity index (χ2v) is 2.18. The third kappa shape index (κ3) is 1.07. The van der Waals surface area contributed by atoms with Crippen molar-refractivity contribution in [2.45, 2.75) is 13.1 Å². The molecular formula is C3H6N2OS. The van der Waals surface area contributed by atoms with Crippen molar-refractivity contribution in [2.24, 2.45) is 0 Å². The van der Waals surface area contributed by atoms with Crippen LogP contribution in [0.1, 0.15) is 6.92 Å². The van der Waals surface area contributed by atoms with E-state index >= 15 is 0 Å². The van der Waals surface area contributed by atoms with Gasteiger partial charge in [-0.2, -0.15) is 0 Å². The molecule has 1 aliphatic heterocycles. The second kappa shape index (κ2) is 1.71. The smallest absolute Gasteiger partial charge is 0.295 e. The third-order valence-electron chi connectivity index (χ3n) is 0.663. The minimum atomic E-state index is 0.00694. The van der Waals surface area contributed by atoms with E-state index in [2.05, 4.69) is 10.0 Å². The van der Waals surface area contributed by atoms with Gasteiger partial charge in [0.2, 0.25) is 0 Å². The fourth-order valence-electron chi connectivity index (χ4n) is 0.378. The summed E-state index contributed by atoms with van der Waals surface area (Å²) < 4.78 is 2.83. The average Bonchev–Trinajstić information content (AvgIpc) is 1.87. The highest BCUT2D eigenvalue weighted by Crippen LogP contribution is 2.03. The van der Waals surface area contributed by atoms with E-state index in [1.807, 2.05) is 6.92 Å².